The molecular weight excluding hydrogens is 457 g/mol. The number of aliphatic hydroxyl groups excluding tert-OH is 1. The molecule has 0 aliphatic heterocycles. The number of benzene rings is 3. The average Bonchev–Trinajstić information content (AvgIpc) is 2.85. The van der Waals surface area contributed by atoms with Crippen LogP contribution in [0.2, 0.25) is 0 Å². The van der Waals surface area contributed by atoms with Crippen molar-refractivity contribution in [3.63, 3.8) is 0 Å². The molecule has 0 aromatic heterocycles. The fourth-order valence-electron chi connectivity index (χ4n) is 3.86. The molecule has 0 heterocycles. The van der Waals surface area contributed by atoms with E-state index in [9.17, 15) is 14.5 Å². The molecule has 35 heavy (non-hydrogen) atoms. The molecule has 3 unspecified atom stereocenters. The summed E-state index contributed by atoms with van der Waals surface area (Å²) in [4.78, 5) is 13.3. The van der Waals surface area contributed by atoms with Gasteiger partial charge in [0.05, 0.1) is 0 Å². The van der Waals surface area contributed by atoms with Crippen molar-refractivity contribution in [3.05, 3.63) is 102 Å². The van der Waals surface area contributed by atoms with Gasteiger partial charge in [-0.3, -0.25) is 9.36 Å². The number of nitrogens with one attached hydrogen (secondary N) is 1. The van der Waals surface area contributed by atoms with Crippen LogP contribution in [0.15, 0.2) is 91.0 Å². The molecule has 0 saturated heterocycles. The zero-order valence-electron chi connectivity index (χ0n) is 20.8. The van der Waals surface area contributed by atoms with Crippen molar-refractivity contribution in [2.75, 3.05) is 0 Å². The highest BCUT2D eigenvalue weighted by Gasteiger charge is 2.39. The van der Waals surface area contributed by atoms with Crippen molar-refractivity contribution in [1.29, 1.82) is 0 Å². The van der Waals surface area contributed by atoms with Gasteiger partial charge in [0.25, 0.3) is 7.37 Å². The van der Waals surface area contributed by atoms with E-state index >= 15 is 0 Å². The maximum absolute atomic E-state index is 14.4. The summed E-state index contributed by atoms with van der Waals surface area (Å²) in [5.74, 6) is -1.58. The van der Waals surface area contributed by atoms with Gasteiger partial charge < -0.3 is 14.9 Å². The lowest BCUT2D eigenvalue weighted by Gasteiger charge is -2.30. The van der Waals surface area contributed by atoms with Crippen molar-refractivity contribution in [2.45, 2.75) is 63.9 Å². The highest BCUT2D eigenvalue weighted by Crippen LogP contribution is 2.52. The zero-order valence-corrected chi connectivity index (χ0v) is 21.7. The number of hydrogen-bond donors (Lipinski definition) is 2. The predicted octanol–water partition coefficient (Wildman–Crippen LogP) is 5.47. The summed E-state index contributed by atoms with van der Waals surface area (Å²) in [5.41, 5.74) is 1.62. The fraction of sp³-hybridized carbons (Fsp3) is 0.345. The van der Waals surface area contributed by atoms with E-state index < -0.39 is 24.9 Å². The topological polar surface area (TPSA) is 75.6 Å². The van der Waals surface area contributed by atoms with E-state index in [1.165, 1.54) is 0 Å². The number of hydrogen-bond acceptors (Lipinski definition) is 4. The molecule has 3 atom stereocenters. The van der Waals surface area contributed by atoms with Crippen LogP contribution in [0, 0.1) is 0 Å². The largest absolute Gasteiger partial charge is 0.383 e. The van der Waals surface area contributed by atoms with Crippen LogP contribution in [0.5, 0.6) is 0 Å². The maximum Gasteiger partial charge on any atom is 0.260 e. The van der Waals surface area contributed by atoms with Gasteiger partial charge in [-0.15, -0.1) is 0 Å². The molecular formula is C29H36NO4P. The summed E-state index contributed by atoms with van der Waals surface area (Å²) < 4.78 is 20.6. The van der Waals surface area contributed by atoms with E-state index in [-0.39, 0.29) is 12.3 Å². The lowest BCUT2D eigenvalue weighted by molar-refractivity contribution is -0.129. The van der Waals surface area contributed by atoms with Crippen LogP contribution in [0.3, 0.4) is 0 Å². The molecule has 0 saturated carbocycles. The van der Waals surface area contributed by atoms with E-state index in [0.29, 0.717) is 24.6 Å². The lowest BCUT2D eigenvalue weighted by Crippen LogP contribution is -2.47. The predicted molar refractivity (Wildman–Crippen MR) is 142 cm³/mol. The van der Waals surface area contributed by atoms with Crippen LogP contribution >= 0.6 is 7.37 Å². The van der Waals surface area contributed by atoms with Gasteiger partial charge in [-0.1, -0.05) is 78.9 Å². The summed E-state index contributed by atoms with van der Waals surface area (Å²) in [5, 5.41) is 14.6. The zero-order chi connectivity index (χ0) is 25.3. The second kappa shape index (κ2) is 12.3. The van der Waals surface area contributed by atoms with E-state index in [4.69, 9.17) is 4.52 Å². The molecule has 1 amide bonds. The van der Waals surface area contributed by atoms with E-state index in [1.54, 1.807) is 24.3 Å². The summed E-state index contributed by atoms with van der Waals surface area (Å²) in [7, 11) is -3.80. The molecule has 0 bridgehead atoms. The van der Waals surface area contributed by atoms with Gasteiger partial charge >= 0.3 is 0 Å². The summed E-state index contributed by atoms with van der Waals surface area (Å²) in [6.07, 6.45) is 0.742. The second-order valence-electron chi connectivity index (χ2n) is 9.80. The van der Waals surface area contributed by atoms with Crippen LogP contribution in [0.25, 0.3) is 0 Å². The monoisotopic (exact) mass is 493 g/mol. The van der Waals surface area contributed by atoms with Crippen LogP contribution in [-0.2, 0) is 26.7 Å². The summed E-state index contributed by atoms with van der Waals surface area (Å²) in [6.45, 7) is 5.68. The number of aryl methyl sites for hydroxylation is 2. The van der Waals surface area contributed by atoms with Gasteiger partial charge in [0, 0.05) is 10.8 Å². The Bertz CT molecular complexity index is 1100. The number of carbonyl (C=O) groups is 1. The Hall–Kier alpha value is -2.72. The van der Waals surface area contributed by atoms with Crippen molar-refractivity contribution < 1.29 is 19.0 Å². The van der Waals surface area contributed by atoms with E-state index in [2.05, 4.69) is 5.32 Å². The third-order valence-electron chi connectivity index (χ3n) is 5.65. The number of rotatable bonds is 11. The average molecular weight is 494 g/mol. The highest BCUT2D eigenvalue weighted by atomic mass is 31.2. The number of aliphatic hydroxyl groups is 1. The molecule has 5 nitrogen and oxygen atoms in total. The van der Waals surface area contributed by atoms with Crippen molar-refractivity contribution >= 4 is 18.6 Å². The van der Waals surface area contributed by atoms with Gasteiger partial charge in [-0.05, 0) is 69.7 Å². The molecule has 3 aromatic carbocycles. The third kappa shape index (κ3) is 8.17. The standard InChI is InChI=1S/C29H36NO4P/c1-29(2,3)30-28(32)26(21-19-23-13-7-4-8-14-23)34-35(33,25-17-11-6-12-18-25)27(31)22-20-24-15-9-5-10-16-24/h4-18,26-27,31H,19-22H2,1-3H3,(H,30,32). The quantitative estimate of drug-likeness (QED) is 0.347. The van der Waals surface area contributed by atoms with Crippen molar-refractivity contribution in [2.24, 2.45) is 0 Å². The first-order chi connectivity index (χ1) is 16.7. The normalized spacial score (nSPS) is 15.1. The van der Waals surface area contributed by atoms with Crippen LogP contribution in [-0.4, -0.2) is 28.5 Å². The molecule has 0 aliphatic carbocycles. The minimum atomic E-state index is -3.80. The first-order valence-electron chi connectivity index (χ1n) is 12.1. The van der Waals surface area contributed by atoms with Crippen molar-refractivity contribution in [3.8, 4) is 0 Å². The first-order valence-corrected chi connectivity index (χ1v) is 13.8. The van der Waals surface area contributed by atoms with Gasteiger partial charge in [0.1, 0.15) is 11.9 Å². The highest BCUT2D eigenvalue weighted by molar-refractivity contribution is 7.67. The molecule has 3 rings (SSSR count). The molecule has 0 fully saturated rings. The summed E-state index contributed by atoms with van der Waals surface area (Å²) in [6, 6.07) is 28.3. The Labute approximate surface area is 209 Å². The maximum atomic E-state index is 14.4. The smallest absolute Gasteiger partial charge is 0.260 e. The molecule has 3 aromatic rings. The molecule has 186 valence electrons. The Morgan fingerprint density at radius 3 is 1.77 bits per heavy atom. The van der Waals surface area contributed by atoms with E-state index in [1.807, 2.05) is 87.5 Å². The first kappa shape index (κ1) is 26.9. The van der Waals surface area contributed by atoms with Gasteiger partial charge in [-0.25, -0.2) is 0 Å². The Morgan fingerprint density at radius 2 is 1.29 bits per heavy atom. The van der Waals surface area contributed by atoms with E-state index in [0.717, 1.165) is 11.1 Å². The van der Waals surface area contributed by atoms with Crippen LogP contribution in [0.1, 0.15) is 44.7 Å². The fourth-order valence-corrected chi connectivity index (χ4v) is 6.10. The molecule has 0 spiro atoms. The molecule has 6 heteroatoms. The lowest BCUT2D eigenvalue weighted by atomic mass is 10.0. The minimum Gasteiger partial charge on any atom is -0.383 e. The van der Waals surface area contributed by atoms with Crippen LogP contribution in [0.4, 0.5) is 0 Å². The molecule has 0 radical (unpaired) electrons. The van der Waals surface area contributed by atoms with Crippen LogP contribution < -0.4 is 10.6 Å². The van der Waals surface area contributed by atoms with Gasteiger partial charge in [-0.2, -0.15) is 0 Å². The molecule has 0 aliphatic rings. The Balaban J connectivity index is 1.87. The Kier molecular flexibility index (Phi) is 9.45. The number of amides is 1. The number of carbonyl (C=O) groups excluding carboxylic acids is 1. The van der Waals surface area contributed by atoms with Gasteiger partial charge in [0.15, 0.2) is 0 Å². The second-order valence-corrected chi connectivity index (χ2v) is 12.3. The SMILES string of the molecule is CC(C)(C)NC(=O)C(CCc1ccccc1)OP(=O)(c1ccccc1)C(O)CCc1ccccc1. The molecule has 2 N–H and O–H groups in total. The van der Waals surface area contributed by atoms with Gasteiger partial charge in [0.2, 0.25) is 5.91 Å². The Morgan fingerprint density at radius 1 is 0.829 bits per heavy atom. The van der Waals surface area contributed by atoms with Crippen molar-refractivity contribution in [1.82, 2.24) is 5.32 Å². The third-order valence-corrected chi connectivity index (χ3v) is 8.28. The minimum absolute atomic E-state index is 0.252. The summed E-state index contributed by atoms with van der Waals surface area (Å²) >= 11 is 0.